The molecule has 4 rings (SSSR count). The summed E-state index contributed by atoms with van der Waals surface area (Å²) in [6.45, 7) is 4.85. The second-order valence-corrected chi connectivity index (χ2v) is 8.28. The average molecular weight is 437 g/mol. The van der Waals surface area contributed by atoms with Gasteiger partial charge in [0, 0.05) is 5.56 Å². The Bertz CT molecular complexity index is 1190. The second kappa shape index (κ2) is 10.8. The van der Waals surface area contributed by atoms with Crippen LogP contribution in [0.2, 0.25) is 0 Å². The molecule has 0 aliphatic carbocycles. The van der Waals surface area contributed by atoms with Crippen molar-refractivity contribution in [3.05, 3.63) is 125 Å². The van der Waals surface area contributed by atoms with Crippen molar-refractivity contribution >= 4 is 12.2 Å². The molecule has 1 nitrogen and oxygen atoms in total. The summed E-state index contributed by atoms with van der Waals surface area (Å²) in [4.78, 5) is 0. The van der Waals surface area contributed by atoms with E-state index in [2.05, 4.69) is 55.5 Å². The molecule has 33 heavy (non-hydrogen) atoms. The van der Waals surface area contributed by atoms with E-state index in [0.29, 0.717) is 18.1 Å². The van der Waals surface area contributed by atoms with Crippen LogP contribution in [0.4, 0.5) is 4.39 Å². The van der Waals surface area contributed by atoms with Gasteiger partial charge in [-0.15, -0.1) is 0 Å². The van der Waals surface area contributed by atoms with Crippen molar-refractivity contribution in [3.8, 4) is 16.9 Å². The molecular weight excluding hydrogens is 407 g/mol. The molecule has 1 atom stereocenters. The summed E-state index contributed by atoms with van der Waals surface area (Å²) in [5, 5.41) is 0. The molecule has 0 saturated heterocycles. The average Bonchev–Trinajstić information content (AvgIpc) is 2.85. The van der Waals surface area contributed by atoms with Crippen molar-refractivity contribution < 1.29 is 9.13 Å². The van der Waals surface area contributed by atoms with E-state index in [-0.39, 0.29) is 5.82 Å². The van der Waals surface area contributed by atoms with Crippen molar-refractivity contribution in [2.75, 3.05) is 6.61 Å². The zero-order valence-corrected chi connectivity index (χ0v) is 19.2. The monoisotopic (exact) mass is 436 g/mol. The van der Waals surface area contributed by atoms with Crippen molar-refractivity contribution in [3.63, 3.8) is 0 Å². The van der Waals surface area contributed by atoms with E-state index in [1.54, 1.807) is 6.07 Å². The van der Waals surface area contributed by atoms with Gasteiger partial charge in [-0.25, -0.2) is 4.39 Å². The molecule has 4 aromatic rings. The van der Waals surface area contributed by atoms with Crippen LogP contribution >= 0.6 is 0 Å². The van der Waals surface area contributed by atoms with E-state index in [4.69, 9.17) is 4.74 Å². The summed E-state index contributed by atoms with van der Waals surface area (Å²) in [6.07, 6.45) is 4.70. The third kappa shape index (κ3) is 5.98. The predicted octanol–water partition coefficient (Wildman–Crippen LogP) is 8.41. The summed E-state index contributed by atoms with van der Waals surface area (Å²) >= 11 is 0. The predicted molar refractivity (Wildman–Crippen MR) is 137 cm³/mol. The van der Waals surface area contributed by atoms with Crippen molar-refractivity contribution in [1.82, 2.24) is 0 Å². The van der Waals surface area contributed by atoms with Crippen molar-refractivity contribution in [2.24, 2.45) is 0 Å². The fourth-order valence-electron chi connectivity index (χ4n) is 3.96. The molecule has 4 aromatic carbocycles. The molecule has 0 aromatic heterocycles. The molecule has 0 aliphatic heterocycles. The summed E-state index contributed by atoms with van der Waals surface area (Å²) in [7, 11) is 0. The van der Waals surface area contributed by atoms with Crippen LogP contribution in [0.15, 0.2) is 97.1 Å². The van der Waals surface area contributed by atoms with Gasteiger partial charge in [-0.1, -0.05) is 97.9 Å². The smallest absolute Gasteiger partial charge is 0.131 e. The third-order valence-corrected chi connectivity index (χ3v) is 5.84. The van der Waals surface area contributed by atoms with Gasteiger partial charge in [-0.2, -0.15) is 0 Å². The SMILES string of the molecule is CCOc1ccc(C=Cc2ccc(-c3ccc(C[C@H](C)c4ccccc4)cc3)cc2F)cc1. The lowest BCUT2D eigenvalue weighted by Gasteiger charge is -2.12. The molecular formula is C31H29FO. The molecule has 0 amide bonds. The highest BCUT2D eigenvalue weighted by Gasteiger charge is 2.08. The molecule has 0 radical (unpaired) electrons. The molecule has 0 N–H and O–H groups in total. The van der Waals surface area contributed by atoms with E-state index in [1.807, 2.05) is 61.5 Å². The normalized spacial score (nSPS) is 12.1. The fourth-order valence-corrected chi connectivity index (χ4v) is 3.96. The lowest BCUT2D eigenvalue weighted by atomic mass is 9.93. The maximum absolute atomic E-state index is 14.8. The molecule has 0 spiro atoms. The van der Waals surface area contributed by atoms with Crippen molar-refractivity contribution in [1.29, 1.82) is 0 Å². The first-order valence-electron chi connectivity index (χ1n) is 11.5. The van der Waals surface area contributed by atoms with Crippen LogP contribution in [0.5, 0.6) is 5.75 Å². The van der Waals surface area contributed by atoms with E-state index in [0.717, 1.165) is 28.9 Å². The summed E-state index contributed by atoms with van der Waals surface area (Å²) < 4.78 is 20.2. The van der Waals surface area contributed by atoms with Gasteiger partial charge in [0.25, 0.3) is 0 Å². The van der Waals surface area contributed by atoms with Crippen LogP contribution in [0, 0.1) is 5.82 Å². The highest BCUT2D eigenvalue weighted by molar-refractivity contribution is 5.72. The maximum Gasteiger partial charge on any atom is 0.131 e. The number of benzene rings is 4. The summed E-state index contributed by atoms with van der Waals surface area (Å²) in [5.74, 6) is 1.07. The van der Waals surface area contributed by atoms with Crippen LogP contribution in [-0.2, 0) is 6.42 Å². The Morgan fingerprint density at radius 3 is 2.15 bits per heavy atom. The minimum atomic E-state index is -0.225. The minimum Gasteiger partial charge on any atom is -0.494 e. The topological polar surface area (TPSA) is 9.23 Å². The summed E-state index contributed by atoms with van der Waals surface area (Å²) in [5.41, 5.74) is 6.10. The molecule has 166 valence electrons. The first-order chi connectivity index (χ1) is 16.1. The molecule has 2 heteroatoms. The first-order valence-corrected chi connectivity index (χ1v) is 11.5. The number of hydrogen-bond donors (Lipinski definition) is 0. The van der Waals surface area contributed by atoms with Gasteiger partial charge in [0.05, 0.1) is 6.61 Å². The van der Waals surface area contributed by atoms with E-state index < -0.39 is 0 Å². The Labute approximate surface area is 196 Å². The van der Waals surface area contributed by atoms with Gasteiger partial charge in [0.2, 0.25) is 0 Å². The largest absolute Gasteiger partial charge is 0.494 e. The van der Waals surface area contributed by atoms with E-state index in [1.165, 1.54) is 11.1 Å². The second-order valence-electron chi connectivity index (χ2n) is 8.28. The standard InChI is InChI=1S/C31H29FO/c1-3-33-30-19-12-24(13-20-30)9-16-28-17-18-29(22-31(28)32)27-14-10-25(11-15-27)21-23(2)26-7-5-4-6-8-26/h4-20,22-23H,3,21H2,1-2H3/t23-/m0/s1. The van der Waals surface area contributed by atoms with Crippen LogP contribution in [-0.4, -0.2) is 6.61 Å². The van der Waals surface area contributed by atoms with Gasteiger partial charge in [-0.3, -0.25) is 0 Å². The molecule has 0 bridgehead atoms. The Kier molecular flexibility index (Phi) is 7.36. The van der Waals surface area contributed by atoms with Gasteiger partial charge in [0.1, 0.15) is 11.6 Å². The number of hydrogen-bond acceptors (Lipinski definition) is 1. The lowest BCUT2D eigenvalue weighted by Crippen LogP contribution is -1.98. The summed E-state index contributed by atoms with van der Waals surface area (Å²) in [6, 6.07) is 32.2. The van der Waals surface area contributed by atoms with Crippen LogP contribution in [0.3, 0.4) is 0 Å². The number of halogens is 1. The van der Waals surface area contributed by atoms with Gasteiger partial charge < -0.3 is 4.74 Å². The highest BCUT2D eigenvalue weighted by Crippen LogP contribution is 2.26. The zero-order valence-electron chi connectivity index (χ0n) is 19.2. The minimum absolute atomic E-state index is 0.225. The Morgan fingerprint density at radius 2 is 1.48 bits per heavy atom. The maximum atomic E-state index is 14.8. The van der Waals surface area contributed by atoms with Gasteiger partial charge in [-0.05, 0) is 65.3 Å². The molecule has 0 heterocycles. The third-order valence-electron chi connectivity index (χ3n) is 5.84. The van der Waals surface area contributed by atoms with Crippen LogP contribution in [0.25, 0.3) is 23.3 Å². The van der Waals surface area contributed by atoms with Crippen LogP contribution in [0.1, 0.15) is 42.0 Å². The van der Waals surface area contributed by atoms with Crippen molar-refractivity contribution in [2.45, 2.75) is 26.2 Å². The zero-order chi connectivity index (χ0) is 23.0. The number of rotatable bonds is 8. The first kappa shape index (κ1) is 22.5. The Hall–Kier alpha value is -3.65. The van der Waals surface area contributed by atoms with E-state index >= 15 is 0 Å². The lowest BCUT2D eigenvalue weighted by molar-refractivity contribution is 0.340. The molecule has 0 aliphatic rings. The van der Waals surface area contributed by atoms with Gasteiger partial charge in [0.15, 0.2) is 0 Å². The van der Waals surface area contributed by atoms with Crippen LogP contribution < -0.4 is 4.74 Å². The molecule has 0 saturated carbocycles. The number of ether oxygens (including phenoxy) is 1. The van der Waals surface area contributed by atoms with Gasteiger partial charge >= 0.3 is 0 Å². The molecule has 0 unspecified atom stereocenters. The van der Waals surface area contributed by atoms with E-state index in [9.17, 15) is 4.39 Å². The Balaban J connectivity index is 1.43. The highest BCUT2D eigenvalue weighted by atomic mass is 19.1. The Morgan fingerprint density at radius 1 is 0.788 bits per heavy atom. The fraction of sp³-hybridized carbons (Fsp3) is 0.161. The quantitative estimate of drug-likeness (QED) is 0.252. The molecule has 0 fully saturated rings.